The zero-order chi connectivity index (χ0) is 11.8. The summed E-state index contributed by atoms with van der Waals surface area (Å²) >= 11 is 6.11. The Labute approximate surface area is 104 Å². The zero-order valence-corrected chi connectivity index (χ0v) is 10.1. The highest BCUT2D eigenvalue weighted by molar-refractivity contribution is 6.33. The zero-order valence-electron chi connectivity index (χ0n) is 9.39. The van der Waals surface area contributed by atoms with E-state index in [2.05, 4.69) is 36.2 Å². The Bertz CT molecular complexity index is 686. The van der Waals surface area contributed by atoms with Crippen molar-refractivity contribution >= 4 is 17.2 Å². The molecule has 0 spiro atoms. The molecule has 1 aromatic carbocycles. The molecule has 3 rings (SSSR count). The van der Waals surface area contributed by atoms with Gasteiger partial charge >= 0.3 is 0 Å². The third-order valence-electron chi connectivity index (χ3n) is 2.80. The summed E-state index contributed by atoms with van der Waals surface area (Å²) in [6.45, 7) is 2.08. The maximum atomic E-state index is 6.11. The van der Waals surface area contributed by atoms with Gasteiger partial charge in [0.25, 0.3) is 0 Å². The molecule has 0 fully saturated rings. The molecule has 3 heteroatoms. The van der Waals surface area contributed by atoms with Crippen LogP contribution in [0.5, 0.6) is 0 Å². The number of aromatic nitrogens is 2. The largest absolute Gasteiger partial charge is 0.298 e. The molecule has 0 aliphatic rings. The van der Waals surface area contributed by atoms with Crippen LogP contribution in [0.1, 0.15) is 5.56 Å². The van der Waals surface area contributed by atoms with Crippen LogP contribution in [0, 0.1) is 6.92 Å². The van der Waals surface area contributed by atoms with Crippen molar-refractivity contribution in [2.45, 2.75) is 6.92 Å². The Morgan fingerprint density at radius 1 is 1.18 bits per heavy atom. The number of benzene rings is 1. The molecule has 17 heavy (non-hydrogen) atoms. The Balaban J connectivity index is 2.28. The Morgan fingerprint density at radius 3 is 2.88 bits per heavy atom. The van der Waals surface area contributed by atoms with Gasteiger partial charge in [0.15, 0.2) is 5.65 Å². The van der Waals surface area contributed by atoms with E-state index in [1.807, 2.05) is 28.9 Å². The van der Waals surface area contributed by atoms with Gasteiger partial charge in [-0.25, -0.2) is 4.98 Å². The van der Waals surface area contributed by atoms with Crippen LogP contribution in [0.25, 0.3) is 16.9 Å². The molecule has 84 valence electrons. The van der Waals surface area contributed by atoms with Gasteiger partial charge < -0.3 is 0 Å². The van der Waals surface area contributed by atoms with Crippen molar-refractivity contribution in [2.24, 2.45) is 0 Å². The van der Waals surface area contributed by atoms with E-state index in [0.29, 0.717) is 5.02 Å². The highest BCUT2D eigenvalue weighted by Gasteiger charge is 2.07. The lowest BCUT2D eigenvalue weighted by atomic mass is 10.1. The Kier molecular flexibility index (Phi) is 2.37. The lowest BCUT2D eigenvalue weighted by molar-refractivity contribution is 1.19. The molecular formula is C14H11ClN2. The van der Waals surface area contributed by atoms with E-state index in [-0.39, 0.29) is 0 Å². The second-order valence-corrected chi connectivity index (χ2v) is 4.47. The lowest BCUT2D eigenvalue weighted by Crippen LogP contribution is -1.88. The SMILES string of the molecule is Cc1cccc(-c2cnc3c(Cl)cccn23)c1. The first-order valence-corrected chi connectivity index (χ1v) is 5.82. The molecule has 0 aliphatic carbocycles. The first-order valence-electron chi connectivity index (χ1n) is 5.44. The summed E-state index contributed by atoms with van der Waals surface area (Å²) in [6, 6.07) is 12.1. The average molecular weight is 243 g/mol. The van der Waals surface area contributed by atoms with Crippen molar-refractivity contribution in [1.29, 1.82) is 0 Å². The molecule has 0 radical (unpaired) electrons. The van der Waals surface area contributed by atoms with Crippen LogP contribution in [0.3, 0.4) is 0 Å². The maximum Gasteiger partial charge on any atom is 0.156 e. The molecular weight excluding hydrogens is 232 g/mol. The van der Waals surface area contributed by atoms with Crippen LogP contribution >= 0.6 is 11.6 Å². The standard InChI is InChI=1S/C14H11ClN2/c1-10-4-2-5-11(8-10)13-9-16-14-12(15)6-3-7-17(13)14/h2-9H,1H3. The summed E-state index contributed by atoms with van der Waals surface area (Å²) in [6.07, 6.45) is 3.84. The van der Waals surface area contributed by atoms with Crippen molar-refractivity contribution in [3.63, 3.8) is 0 Å². The quantitative estimate of drug-likeness (QED) is 0.631. The second-order valence-electron chi connectivity index (χ2n) is 4.06. The normalized spacial score (nSPS) is 10.9. The first kappa shape index (κ1) is 10.4. The van der Waals surface area contributed by atoms with Crippen LogP contribution in [0.15, 0.2) is 48.8 Å². The van der Waals surface area contributed by atoms with E-state index in [9.17, 15) is 0 Å². The summed E-state index contributed by atoms with van der Waals surface area (Å²) in [7, 11) is 0. The van der Waals surface area contributed by atoms with Crippen LogP contribution in [-0.2, 0) is 0 Å². The molecule has 2 nitrogen and oxygen atoms in total. The molecule has 0 amide bonds. The van der Waals surface area contributed by atoms with Gasteiger partial charge in [-0.15, -0.1) is 0 Å². The number of aryl methyl sites for hydroxylation is 1. The molecule has 3 aromatic rings. The summed E-state index contributed by atoms with van der Waals surface area (Å²) in [4.78, 5) is 4.36. The molecule has 0 bridgehead atoms. The van der Waals surface area contributed by atoms with Gasteiger partial charge in [-0.05, 0) is 25.1 Å². The average Bonchev–Trinajstić information content (AvgIpc) is 2.74. The first-order chi connectivity index (χ1) is 8.25. The van der Waals surface area contributed by atoms with Crippen molar-refractivity contribution in [2.75, 3.05) is 0 Å². The van der Waals surface area contributed by atoms with Crippen LogP contribution < -0.4 is 0 Å². The van der Waals surface area contributed by atoms with Gasteiger partial charge in [-0.1, -0.05) is 35.4 Å². The van der Waals surface area contributed by atoms with Gasteiger partial charge in [0.1, 0.15) is 0 Å². The minimum atomic E-state index is 0.673. The smallest absolute Gasteiger partial charge is 0.156 e. The van der Waals surface area contributed by atoms with Gasteiger partial charge in [0.2, 0.25) is 0 Å². The van der Waals surface area contributed by atoms with Crippen molar-refractivity contribution in [3.8, 4) is 11.3 Å². The van der Waals surface area contributed by atoms with Gasteiger partial charge in [0, 0.05) is 11.8 Å². The molecule has 0 saturated carbocycles. The Morgan fingerprint density at radius 2 is 2.06 bits per heavy atom. The number of fused-ring (bicyclic) bond motifs is 1. The monoisotopic (exact) mass is 242 g/mol. The van der Waals surface area contributed by atoms with E-state index in [1.54, 1.807) is 0 Å². The van der Waals surface area contributed by atoms with Gasteiger partial charge in [0.05, 0.1) is 16.9 Å². The van der Waals surface area contributed by atoms with E-state index < -0.39 is 0 Å². The maximum absolute atomic E-state index is 6.11. The van der Waals surface area contributed by atoms with E-state index in [4.69, 9.17) is 11.6 Å². The molecule has 0 N–H and O–H groups in total. The third-order valence-corrected chi connectivity index (χ3v) is 3.10. The predicted octanol–water partition coefficient (Wildman–Crippen LogP) is 3.96. The Hall–Kier alpha value is -1.80. The van der Waals surface area contributed by atoms with Crippen LogP contribution in [0.4, 0.5) is 0 Å². The molecule has 2 aromatic heterocycles. The summed E-state index contributed by atoms with van der Waals surface area (Å²) in [5.74, 6) is 0. The molecule has 2 heterocycles. The number of halogens is 1. The number of hydrogen-bond acceptors (Lipinski definition) is 1. The van der Waals surface area contributed by atoms with Gasteiger partial charge in [-0.3, -0.25) is 4.40 Å². The van der Waals surface area contributed by atoms with E-state index in [0.717, 1.165) is 16.9 Å². The third kappa shape index (κ3) is 1.71. The molecule has 0 saturated heterocycles. The van der Waals surface area contributed by atoms with Crippen LogP contribution in [0.2, 0.25) is 5.02 Å². The fourth-order valence-electron chi connectivity index (χ4n) is 1.99. The van der Waals surface area contributed by atoms with Gasteiger partial charge in [-0.2, -0.15) is 0 Å². The molecule has 0 atom stereocenters. The summed E-state index contributed by atoms with van der Waals surface area (Å²) < 4.78 is 2.01. The summed E-state index contributed by atoms with van der Waals surface area (Å²) in [5.41, 5.74) is 4.25. The minimum Gasteiger partial charge on any atom is -0.298 e. The fraction of sp³-hybridized carbons (Fsp3) is 0.0714. The number of rotatable bonds is 1. The number of nitrogens with zero attached hydrogens (tertiary/aromatic N) is 2. The number of pyridine rings is 1. The molecule has 0 unspecified atom stereocenters. The van der Waals surface area contributed by atoms with E-state index in [1.165, 1.54) is 5.56 Å². The topological polar surface area (TPSA) is 17.3 Å². The second kappa shape index (κ2) is 3.90. The highest BCUT2D eigenvalue weighted by atomic mass is 35.5. The van der Waals surface area contributed by atoms with Crippen LogP contribution in [-0.4, -0.2) is 9.38 Å². The summed E-state index contributed by atoms with van der Waals surface area (Å²) in [5, 5.41) is 0.673. The highest BCUT2D eigenvalue weighted by Crippen LogP contribution is 2.24. The predicted molar refractivity (Wildman–Crippen MR) is 70.4 cm³/mol. The number of hydrogen-bond donors (Lipinski definition) is 0. The molecule has 0 aliphatic heterocycles. The van der Waals surface area contributed by atoms with Crippen molar-refractivity contribution in [1.82, 2.24) is 9.38 Å². The minimum absolute atomic E-state index is 0.673. The fourth-order valence-corrected chi connectivity index (χ4v) is 2.21. The van der Waals surface area contributed by atoms with E-state index >= 15 is 0 Å². The lowest BCUT2D eigenvalue weighted by Gasteiger charge is -2.03. The van der Waals surface area contributed by atoms with Crippen molar-refractivity contribution in [3.05, 3.63) is 59.4 Å². The van der Waals surface area contributed by atoms with Crippen molar-refractivity contribution < 1.29 is 0 Å². The number of imidazole rings is 1.